The normalized spacial score (nSPS) is 14.6. The van der Waals surface area contributed by atoms with E-state index in [0.717, 1.165) is 5.56 Å². The van der Waals surface area contributed by atoms with E-state index < -0.39 is 20.8 Å². The Labute approximate surface area is 178 Å². The highest BCUT2D eigenvalue weighted by Crippen LogP contribution is 2.35. The molecule has 0 bridgehead atoms. The molecule has 0 unspecified atom stereocenters. The van der Waals surface area contributed by atoms with Crippen LogP contribution < -0.4 is 10.3 Å². The summed E-state index contributed by atoms with van der Waals surface area (Å²) in [6.45, 7) is 2.00. The van der Waals surface area contributed by atoms with Gasteiger partial charge in [-0.3, -0.25) is 4.79 Å². The third-order valence-corrected chi connectivity index (χ3v) is 6.60. The van der Waals surface area contributed by atoms with Crippen molar-refractivity contribution >= 4 is 43.9 Å². The summed E-state index contributed by atoms with van der Waals surface area (Å²) >= 11 is 6.12. The molecule has 0 spiro atoms. The molecule has 30 heavy (non-hydrogen) atoms. The summed E-state index contributed by atoms with van der Waals surface area (Å²) in [5.41, 5.74) is 2.29. The van der Waals surface area contributed by atoms with Gasteiger partial charge in [0.2, 0.25) is 14.9 Å². The number of benzene rings is 2. The van der Waals surface area contributed by atoms with Gasteiger partial charge < -0.3 is 5.32 Å². The van der Waals surface area contributed by atoms with Gasteiger partial charge in [-0.05, 0) is 42.8 Å². The second-order valence-electron chi connectivity index (χ2n) is 6.66. The molecule has 7 nitrogen and oxygen atoms in total. The molecule has 9 heteroatoms. The van der Waals surface area contributed by atoms with Gasteiger partial charge in [0.1, 0.15) is 4.90 Å². The number of aromatic nitrogens is 1. The van der Waals surface area contributed by atoms with Crippen molar-refractivity contribution in [1.29, 1.82) is 0 Å². The first kappa shape index (κ1) is 20.1. The van der Waals surface area contributed by atoms with Crippen LogP contribution in [0.15, 0.2) is 76.9 Å². The molecule has 0 fully saturated rings. The second-order valence-corrected chi connectivity index (χ2v) is 8.90. The Kier molecular flexibility index (Phi) is 5.27. The number of fused-ring (bicyclic) bond motifs is 1. The van der Waals surface area contributed by atoms with Crippen LogP contribution in [0, 0.1) is 6.92 Å². The standard InChI is InChI=1S/C21H17ClN4O3S/c1-14-8-10-16(11-9-14)26-19-18(7-4-12-23-19)30(28,29)21(25-26)20(27)24-13-15-5-2-3-6-17(15)22/h2-12H,13H2,1H3,(H,24,27). The lowest BCUT2D eigenvalue weighted by atomic mass is 10.2. The molecule has 4 rings (SSSR count). The van der Waals surface area contributed by atoms with Crippen molar-refractivity contribution in [3.05, 3.63) is 83.0 Å². The highest BCUT2D eigenvalue weighted by atomic mass is 35.5. The number of nitrogens with zero attached hydrogens (tertiary/aromatic N) is 3. The second kappa shape index (κ2) is 7.89. The molecule has 2 aromatic carbocycles. The van der Waals surface area contributed by atoms with Crippen LogP contribution in [0.2, 0.25) is 5.02 Å². The van der Waals surface area contributed by atoms with Crippen LogP contribution in [0.4, 0.5) is 11.5 Å². The molecule has 2 heterocycles. The van der Waals surface area contributed by atoms with E-state index in [2.05, 4.69) is 15.4 Å². The highest BCUT2D eigenvalue weighted by Gasteiger charge is 2.38. The molecule has 1 aliphatic rings. The Bertz CT molecular complexity index is 1260. The first-order valence-electron chi connectivity index (χ1n) is 9.05. The van der Waals surface area contributed by atoms with Gasteiger partial charge in [0.05, 0.1) is 5.69 Å². The number of halogens is 1. The van der Waals surface area contributed by atoms with Crippen LogP contribution in [0.3, 0.4) is 0 Å². The number of hydrazone groups is 1. The molecular formula is C21H17ClN4O3S. The molecule has 3 aromatic rings. The smallest absolute Gasteiger partial charge is 0.284 e. The minimum absolute atomic E-state index is 0.0669. The number of rotatable bonds is 4. The number of amides is 1. The van der Waals surface area contributed by atoms with Crippen molar-refractivity contribution in [2.24, 2.45) is 5.10 Å². The maximum absolute atomic E-state index is 13.1. The van der Waals surface area contributed by atoms with Gasteiger partial charge in [-0.2, -0.15) is 0 Å². The molecule has 0 radical (unpaired) electrons. The van der Waals surface area contributed by atoms with E-state index in [0.29, 0.717) is 16.3 Å². The minimum Gasteiger partial charge on any atom is -0.346 e. The summed E-state index contributed by atoms with van der Waals surface area (Å²) in [7, 11) is -4.14. The number of carbonyl (C=O) groups excluding carboxylic acids is 1. The third kappa shape index (κ3) is 3.67. The van der Waals surface area contributed by atoms with E-state index in [4.69, 9.17) is 11.6 Å². The predicted molar refractivity (Wildman–Crippen MR) is 115 cm³/mol. The largest absolute Gasteiger partial charge is 0.346 e. The number of carbonyl (C=O) groups is 1. The summed E-state index contributed by atoms with van der Waals surface area (Å²) in [6, 6.07) is 17.2. The number of sulfone groups is 1. The van der Waals surface area contributed by atoms with Gasteiger partial charge in [0.15, 0.2) is 5.82 Å². The molecule has 1 aliphatic heterocycles. The fourth-order valence-corrected chi connectivity index (χ4v) is 4.53. The number of hydrogen-bond donors (Lipinski definition) is 1. The van der Waals surface area contributed by atoms with E-state index in [1.807, 2.05) is 19.1 Å². The quantitative estimate of drug-likeness (QED) is 0.669. The van der Waals surface area contributed by atoms with Gasteiger partial charge in [0, 0.05) is 17.8 Å². The number of aryl methyl sites for hydroxylation is 1. The summed E-state index contributed by atoms with van der Waals surface area (Å²) in [6.07, 6.45) is 1.48. The average molecular weight is 441 g/mol. The molecule has 152 valence electrons. The Morgan fingerprint density at radius 2 is 1.80 bits per heavy atom. The van der Waals surface area contributed by atoms with Crippen LogP contribution in [0.25, 0.3) is 0 Å². The highest BCUT2D eigenvalue weighted by molar-refractivity contribution is 8.08. The van der Waals surface area contributed by atoms with Crippen molar-refractivity contribution in [3.63, 3.8) is 0 Å². The van der Waals surface area contributed by atoms with E-state index in [1.54, 1.807) is 36.4 Å². The zero-order chi connectivity index (χ0) is 21.3. The maximum atomic E-state index is 13.1. The van der Waals surface area contributed by atoms with E-state index >= 15 is 0 Å². The van der Waals surface area contributed by atoms with Gasteiger partial charge in [0.25, 0.3) is 5.91 Å². The summed E-state index contributed by atoms with van der Waals surface area (Å²) in [5, 5.41) is 8.00. The Hall–Kier alpha value is -3.23. The van der Waals surface area contributed by atoms with Crippen molar-refractivity contribution in [3.8, 4) is 0 Å². The van der Waals surface area contributed by atoms with Crippen molar-refractivity contribution < 1.29 is 13.2 Å². The van der Waals surface area contributed by atoms with Crippen LogP contribution in [-0.4, -0.2) is 24.4 Å². The lowest BCUT2D eigenvalue weighted by Crippen LogP contribution is -2.40. The fraction of sp³-hybridized carbons (Fsp3) is 0.0952. The average Bonchev–Trinajstić information content (AvgIpc) is 2.74. The Morgan fingerprint density at radius 3 is 2.53 bits per heavy atom. The first-order chi connectivity index (χ1) is 14.4. The number of pyridine rings is 1. The molecule has 0 saturated heterocycles. The monoisotopic (exact) mass is 440 g/mol. The predicted octanol–water partition coefficient (Wildman–Crippen LogP) is 3.60. The van der Waals surface area contributed by atoms with Crippen LogP contribution in [0.5, 0.6) is 0 Å². The van der Waals surface area contributed by atoms with Gasteiger partial charge in [-0.1, -0.05) is 47.5 Å². The fourth-order valence-electron chi connectivity index (χ4n) is 2.97. The SMILES string of the molecule is Cc1ccc(N2N=C(C(=O)NCc3ccccc3Cl)S(=O)(=O)c3cccnc32)cc1. The van der Waals surface area contributed by atoms with Crippen LogP contribution in [0.1, 0.15) is 11.1 Å². The van der Waals surface area contributed by atoms with Crippen molar-refractivity contribution in [2.45, 2.75) is 18.4 Å². The van der Waals surface area contributed by atoms with E-state index in [9.17, 15) is 13.2 Å². The van der Waals surface area contributed by atoms with E-state index in [1.165, 1.54) is 23.3 Å². The lowest BCUT2D eigenvalue weighted by molar-refractivity contribution is -0.114. The van der Waals surface area contributed by atoms with Gasteiger partial charge in [-0.25, -0.2) is 18.4 Å². The molecule has 0 saturated carbocycles. The number of anilines is 2. The molecule has 1 aromatic heterocycles. The zero-order valence-corrected chi connectivity index (χ0v) is 17.5. The summed E-state index contributed by atoms with van der Waals surface area (Å²) in [5.74, 6) is -0.675. The molecule has 0 atom stereocenters. The topological polar surface area (TPSA) is 91.7 Å². The minimum atomic E-state index is -4.14. The van der Waals surface area contributed by atoms with Crippen LogP contribution >= 0.6 is 11.6 Å². The van der Waals surface area contributed by atoms with Crippen molar-refractivity contribution in [2.75, 3.05) is 5.01 Å². The van der Waals surface area contributed by atoms with Crippen LogP contribution in [-0.2, 0) is 21.2 Å². The Balaban J connectivity index is 1.73. The Morgan fingerprint density at radius 1 is 1.07 bits per heavy atom. The van der Waals surface area contributed by atoms with E-state index in [-0.39, 0.29) is 17.3 Å². The number of hydrogen-bond acceptors (Lipinski definition) is 6. The maximum Gasteiger partial charge on any atom is 0.284 e. The lowest BCUT2D eigenvalue weighted by Gasteiger charge is -2.26. The van der Waals surface area contributed by atoms with Gasteiger partial charge >= 0.3 is 0 Å². The molecule has 1 amide bonds. The van der Waals surface area contributed by atoms with Crippen molar-refractivity contribution in [1.82, 2.24) is 10.3 Å². The van der Waals surface area contributed by atoms with Gasteiger partial charge in [-0.15, -0.1) is 5.10 Å². The molecule has 1 N–H and O–H groups in total. The number of nitrogens with one attached hydrogen (secondary N) is 1. The molecule has 0 aliphatic carbocycles. The summed E-state index contributed by atoms with van der Waals surface area (Å²) < 4.78 is 26.1. The third-order valence-electron chi connectivity index (χ3n) is 4.56. The summed E-state index contributed by atoms with van der Waals surface area (Å²) in [4.78, 5) is 16.9. The first-order valence-corrected chi connectivity index (χ1v) is 10.9. The zero-order valence-electron chi connectivity index (χ0n) is 15.9. The molecular weight excluding hydrogens is 424 g/mol.